The third kappa shape index (κ3) is 2.84. The molecule has 6 nitrogen and oxygen atoms in total. The summed E-state index contributed by atoms with van der Waals surface area (Å²) in [5.41, 5.74) is 0.435. The first-order valence-electron chi connectivity index (χ1n) is 5.88. The molecule has 0 radical (unpaired) electrons. The lowest BCUT2D eigenvalue weighted by Gasteiger charge is -1.96. The number of halogens is 3. The Balaban J connectivity index is 1.79. The van der Waals surface area contributed by atoms with E-state index in [1.807, 2.05) is 6.07 Å². The van der Waals surface area contributed by atoms with E-state index in [-0.39, 0.29) is 5.82 Å². The molecule has 0 amide bonds. The molecule has 0 aliphatic rings. The van der Waals surface area contributed by atoms with Crippen LogP contribution in [0.15, 0.2) is 29.0 Å². The Morgan fingerprint density at radius 3 is 2.82 bits per heavy atom. The minimum Gasteiger partial charge on any atom is -0.329 e. The van der Waals surface area contributed by atoms with Crippen molar-refractivity contribution in [2.24, 2.45) is 0 Å². The molecule has 0 saturated carbocycles. The Labute approximate surface area is 125 Å². The van der Waals surface area contributed by atoms with E-state index in [4.69, 9.17) is 5.26 Å². The molecular weight excluding hydrogens is 319 g/mol. The Kier molecular flexibility index (Phi) is 3.42. The van der Waals surface area contributed by atoms with Gasteiger partial charge in [-0.05, 0) is 12.1 Å². The number of alkyl halides is 3. The highest BCUT2D eigenvalue weighted by Gasteiger charge is 2.38. The second-order valence-corrected chi connectivity index (χ2v) is 5.39. The lowest BCUT2D eigenvalue weighted by molar-refractivity contribution is -0.159. The first kappa shape index (κ1) is 14.3. The van der Waals surface area contributed by atoms with E-state index < -0.39 is 12.1 Å². The molecule has 0 bridgehead atoms. The smallest absolute Gasteiger partial charge is 0.329 e. The quantitative estimate of drug-likeness (QED) is 0.739. The number of nitriles is 1. The van der Waals surface area contributed by atoms with Gasteiger partial charge in [0.2, 0.25) is 5.82 Å². The van der Waals surface area contributed by atoms with Gasteiger partial charge in [-0.1, -0.05) is 5.16 Å². The van der Waals surface area contributed by atoms with Gasteiger partial charge >= 0.3 is 12.1 Å². The zero-order valence-electron chi connectivity index (χ0n) is 10.7. The van der Waals surface area contributed by atoms with Gasteiger partial charge in [0, 0.05) is 11.1 Å². The van der Waals surface area contributed by atoms with Crippen LogP contribution in [-0.2, 0) is 12.7 Å². The Bertz CT molecular complexity index is 841. The molecule has 3 aromatic rings. The summed E-state index contributed by atoms with van der Waals surface area (Å²) in [4.78, 5) is 4.63. The second kappa shape index (κ2) is 5.27. The molecule has 3 rings (SSSR count). The summed E-state index contributed by atoms with van der Waals surface area (Å²) in [6.07, 6.45) is -1.65. The molecule has 112 valence electrons. The van der Waals surface area contributed by atoms with Gasteiger partial charge in [0.1, 0.15) is 6.07 Å². The van der Waals surface area contributed by atoms with Crippen LogP contribution in [0.1, 0.15) is 16.3 Å². The molecule has 0 N–H and O–H groups in total. The molecule has 22 heavy (non-hydrogen) atoms. The molecule has 3 heterocycles. The fourth-order valence-corrected chi connectivity index (χ4v) is 2.61. The monoisotopic (exact) mass is 325 g/mol. The molecule has 0 fully saturated rings. The largest absolute Gasteiger partial charge is 0.471 e. The van der Waals surface area contributed by atoms with E-state index in [0.29, 0.717) is 17.0 Å². The van der Waals surface area contributed by atoms with Gasteiger partial charge in [-0.15, -0.1) is 11.3 Å². The van der Waals surface area contributed by atoms with Gasteiger partial charge in [-0.3, -0.25) is 4.68 Å². The predicted octanol–water partition coefficient (Wildman–Crippen LogP) is 2.93. The molecular formula is C12H6F3N5OS. The molecule has 10 heteroatoms. The fourth-order valence-electron chi connectivity index (χ4n) is 1.69. The number of rotatable bonds is 3. The van der Waals surface area contributed by atoms with Crippen LogP contribution in [0.4, 0.5) is 13.2 Å². The summed E-state index contributed by atoms with van der Waals surface area (Å²) < 4.78 is 43.0. The van der Waals surface area contributed by atoms with Crippen LogP contribution in [0.25, 0.3) is 10.7 Å². The maximum atomic E-state index is 12.4. The Morgan fingerprint density at radius 1 is 1.36 bits per heavy atom. The van der Waals surface area contributed by atoms with E-state index in [9.17, 15) is 13.2 Å². The standard InChI is InChI=1S/C12H6F3N5OS/c13-12(14,15)11-18-10(19-21-11)9-2-1-8(22-9)6-20-5-7(3-16)4-17-20/h1-2,4-5H,6H2. The molecule has 0 aliphatic heterocycles. The number of nitrogens with zero attached hydrogens (tertiary/aromatic N) is 5. The topological polar surface area (TPSA) is 80.5 Å². The van der Waals surface area contributed by atoms with E-state index >= 15 is 0 Å². The van der Waals surface area contributed by atoms with Crippen LogP contribution in [-0.4, -0.2) is 19.9 Å². The summed E-state index contributed by atoms with van der Waals surface area (Å²) in [6, 6.07) is 5.31. The highest BCUT2D eigenvalue weighted by molar-refractivity contribution is 7.15. The summed E-state index contributed by atoms with van der Waals surface area (Å²) in [7, 11) is 0. The molecule has 0 spiro atoms. The zero-order valence-corrected chi connectivity index (χ0v) is 11.5. The molecule has 0 atom stereocenters. The van der Waals surface area contributed by atoms with Crippen LogP contribution in [0, 0.1) is 11.3 Å². The molecule has 0 saturated heterocycles. The van der Waals surface area contributed by atoms with Crippen LogP contribution in [0.3, 0.4) is 0 Å². The van der Waals surface area contributed by atoms with E-state index in [1.54, 1.807) is 23.0 Å². The van der Waals surface area contributed by atoms with Gasteiger partial charge in [0.15, 0.2) is 0 Å². The van der Waals surface area contributed by atoms with Crippen molar-refractivity contribution in [3.63, 3.8) is 0 Å². The lowest BCUT2D eigenvalue weighted by atomic mass is 10.4. The van der Waals surface area contributed by atoms with Crippen LogP contribution in [0.5, 0.6) is 0 Å². The zero-order chi connectivity index (χ0) is 15.7. The van der Waals surface area contributed by atoms with E-state index in [1.165, 1.54) is 17.5 Å². The summed E-state index contributed by atoms with van der Waals surface area (Å²) in [5, 5.41) is 16.1. The number of thiophene rings is 1. The van der Waals surface area contributed by atoms with Gasteiger partial charge in [-0.2, -0.15) is 28.5 Å². The highest BCUT2D eigenvalue weighted by atomic mass is 32.1. The first-order valence-corrected chi connectivity index (χ1v) is 6.70. The minimum atomic E-state index is -4.66. The van der Waals surface area contributed by atoms with Gasteiger partial charge in [0.05, 0.1) is 23.2 Å². The van der Waals surface area contributed by atoms with Crippen molar-refractivity contribution in [3.8, 4) is 16.8 Å². The predicted molar refractivity (Wildman–Crippen MR) is 68.7 cm³/mol. The van der Waals surface area contributed by atoms with Crippen LogP contribution in [0.2, 0.25) is 0 Å². The number of hydrogen-bond donors (Lipinski definition) is 0. The third-order valence-electron chi connectivity index (χ3n) is 2.63. The minimum absolute atomic E-state index is 0.109. The maximum absolute atomic E-state index is 12.4. The number of aromatic nitrogens is 4. The Morgan fingerprint density at radius 2 is 2.18 bits per heavy atom. The summed E-state index contributed by atoms with van der Waals surface area (Å²) in [6.45, 7) is 0.399. The van der Waals surface area contributed by atoms with Crippen molar-refractivity contribution < 1.29 is 17.7 Å². The van der Waals surface area contributed by atoms with E-state index in [2.05, 4.69) is 19.8 Å². The lowest BCUT2D eigenvalue weighted by Crippen LogP contribution is -2.04. The normalized spacial score (nSPS) is 11.5. The molecule has 0 aliphatic carbocycles. The average Bonchev–Trinajstić information content (AvgIpc) is 3.17. The second-order valence-electron chi connectivity index (χ2n) is 4.23. The van der Waals surface area contributed by atoms with Crippen molar-refractivity contribution in [3.05, 3.63) is 40.9 Å². The van der Waals surface area contributed by atoms with Crippen molar-refractivity contribution in [1.29, 1.82) is 5.26 Å². The third-order valence-corrected chi connectivity index (χ3v) is 3.70. The fraction of sp³-hybridized carbons (Fsp3) is 0.167. The van der Waals surface area contributed by atoms with Crippen LogP contribution < -0.4 is 0 Å². The van der Waals surface area contributed by atoms with Gasteiger partial charge in [-0.25, -0.2) is 0 Å². The molecule has 3 aromatic heterocycles. The first-order chi connectivity index (χ1) is 10.5. The SMILES string of the molecule is N#Cc1cnn(Cc2ccc(-c3noc(C(F)(F)F)n3)s2)c1. The maximum Gasteiger partial charge on any atom is 0.471 e. The van der Waals surface area contributed by atoms with Crippen molar-refractivity contribution in [1.82, 2.24) is 19.9 Å². The average molecular weight is 325 g/mol. The van der Waals surface area contributed by atoms with Crippen molar-refractivity contribution in [2.75, 3.05) is 0 Å². The number of hydrogen-bond acceptors (Lipinski definition) is 6. The Hall–Kier alpha value is -2.67. The van der Waals surface area contributed by atoms with Crippen molar-refractivity contribution >= 4 is 11.3 Å². The summed E-state index contributed by atoms with van der Waals surface area (Å²) >= 11 is 1.23. The summed E-state index contributed by atoms with van der Waals surface area (Å²) in [5.74, 6) is -1.48. The van der Waals surface area contributed by atoms with E-state index in [0.717, 1.165) is 4.88 Å². The van der Waals surface area contributed by atoms with Crippen molar-refractivity contribution in [2.45, 2.75) is 12.7 Å². The highest BCUT2D eigenvalue weighted by Crippen LogP contribution is 2.31. The molecule has 0 unspecified atom stereocenters. The van der Waals surface area contributed by atoms with Gasteiger partial charge < -0.3 is 4.52 Å². The van der Waals surface area contributed by atoms with Gasteiger partial charge in [0.25, 0.3) is 0 Å². The molecule has 0 aromatic carbocycles. The van der Waals surface area contributed by atoms with Crippen LogP contribution >= 0.6 is 11.3 Å².